The first-order chi connectivity index (χ1) is 15.0. The molecule has 4 rings (SSSR count). The molecule has 0 spiro atoms. The van der Waals surface area contributed by atoms with E-state index < -0.39 is 0 Å². The predicted molar refractivity (Wildman–Crippen MR) is 121 cm³/mol. The third-order valence-corrected chi connectivity index (χ3v) is 4.66. The van der Waals surface area contributed by atoms with E-state index in [1.54, 1.807) is 37.4 Å². The topological polar surface area (TPSA) is 73.6 Å². The van der Waals surface area contributed by atoms with Gasteiger partial charge in [-0.05, 0) is 66.6 Å². The summed E-state index contributed by atoms with van der Waals surface area (Å²) in [6.07, 6.45) is 0. The molecule has 1 amide bonds. The number of rotatable bonds is 7. The number of nitrogens with zero attached hydrogens (tertiary/aromatic N) is 1. The average molecular weight is 416 g/mol. The van der Waals surface area contributed by atoms with Crippen LogP contribution in [0.1, 0.15) is 24.2 Å². The Morgan fingerprint density at radius 3 is 2.58 bits per heavy atom. The van der Waals surface area contributed by atoms with Gasteiger partial charge in [0.15, 0.2) is 5.58 Å². The molecule has 0 bridgehead atoms. The van der Waals surface area contributed by atoms with Gasteiger partial charge in [0.25, 0.3) is 5.91 Å². The molecule has 6 nitrogen and oxygen atoms in total. The van der Waals surface area contributed by atoms with Crippen molar-refractivity contribution in [1.29, 1.82) is 0 Å². The van der Waals surface area contributed by atoms with Crippen molar-refractivity contribution in [3.63, 3.8) is 0 Å². The first-order valence-electron chi connectivity index (χ1n) is 10.1. The van der Waals surface area contributed by atoms with E-state index >= 15 is 0 Å². The smallest absolute Gasteiger partial charge is 0.255 e. The minimum atomic E-state index is -0.215. The number of benzene rings is 3. The second kappa shape index (κ2) is 8.92. The van der Waals surface area contributed by atoms with Crippen LogP contribution in [0.5, 0.6) is 11.5 Å². The van der Waals surface area contributed by atoms with Crippen LogP contribution in [0.25, 0.3) is 22.6 Å². The monoisotopic (exact) mass is 416 g/mol. The number of aromatic nitrogens is 1. The minimum absolute atomic E-state index is 0.215. The molecule has 4 aromatic rings. The van der Waals surface area contributed by atoms with Crippen LogP contribution < -0.4 is 14.8 Å². The van der Waals surface area contributed by atoms with Gasteiger partial charge in [-0.2, -0.15) is 0 Å². The zero-order chi connectivity index (χ0) is 21.8. The lowest BCUT2D eigenvalue weighted by Crippen LogP contribution is -2.12. The number of nitrogens with one attached hydrogen (secondary N) is 1. The maximum absolute atomic E-state index is 12.7. The Morgan fingerprint density at radius 2 is 1.84 bits per heavy atom. The van der Waals surface area contributed by atoms with Crippen molar-refractivity contribution in [1.82, 2.24) is 4.98 Å². The zero-order valence-electron chi connectivity index (χ0n) is 17.7. The van der Waals surface area contributed by atoms with Gasteiger partial charge in [0.2, 0.25) is 5.89 Å². The highest BCUT2D eigenvalue weighted by Gasteiger charge is 2.12. The molecule has 0 aliphatic carbocycles. The summed E-state index contributed by atoms with van der Waals surface area (Å²) in [6.45, 7) is 4.76. The van der Waals surface area contributed by atoms with Crippen LogP contribution in [-0.4, -0.2) is 24.6 Å². The molecule has 6 heteroatoms. The van der Waals surface area contributed by atoms with E-state index in [9.17, 15) is 4.79 Å². The number of hydrogen-bond donors (Lipinski definition) is 1. The van der Waals surface area contributed by atoms with Gasteiger partial charge in [0.05, 0.1) is 13.7 Å². The van der Waals surface area contributed by atoms with Crippen molar-refractivity contribution >= 4 is 22.7 Å². The van der Waals surface area contributed by atoms with Gasteiger partial charge in [-0.3, -0.25) is 4.79 Å². The van der Waals surface area contributed by atoms with Crippen molar-refractivity contribution in [3.05, 3.63) is 72.3 Å². The summed E-state index contributed by atoms with van der Waals surface area (Å²) in [5.41, 5.74) is 3.33. The molecule has 1 N–H and O–H groups in total. The number of amides is 1. The van der Waals surface area contributed by atoms with Crippen molar-refractivity contribution in [2.75, 3.05) is 19.0 Å². The molecule has 1 aromatic heterocycles. The van der Waals surface area contributed by atoms with Gasteiger partial charge in [0, 0.05) is 16.8 Å². The van der Waals surface area contributed by atoms with Crippen LogP contribution in [0.15, 0.2) is 71.1 Å². The van der Waals surface area contributed by atoms with E-state index in [1.807, 2.05) is 36.4 Å². The average Bonchev–Trinajstić information content (AvgIpc) is 3.21. The fraction of sp³-hybridized carbons (Fsp3) is 0.200. The van der Waals surface area contributed by atoms with E-state index in [2.05, 4.69) is 24.1 Å². The molecule has 0 unspecified atom stereocenters. The summed E-state index contributed by atoms with van der Waals surface area (Å²) in [5.74, 6) is 2.15. The number of carbonyl (C=O) groups is 1. The molecular weight excluding hydrogens is 392 g/mol. The van der Waals surface area contributed by atoms with E-state index in [-0.39, 0.29) is 5.91 Å². The van der Waals surface area contributed by atoms with Crippen LogP contribution in [0.4, 0.5) is 5.69 Å². The highest BCUT2D eigenvalue weighted by molar-refractivity contribution is 6.05. The van der Waals surface area contributed by atoms with E-state index in [4.69, 9.17) is 13.9 Å². The van der Waals surface area contributed by atoms with Crippen LogP contribution in [0.3, 0.4) is 0 Å². The highest BCUT2D eigenvalue weighted by Crippen LogP contribution is 2.27. The number of oxazole rings is 1. The number of anilines is 1. The van der Waals surface area contributed by atoms with E-state index in [0.717, 1.165) is 11.3 Å². The van der Waals surface area contributed by atoms with Crippen LogP contribution in [-0.2, 0) is 0 Å². The summed E-state index contributed by atoms with van der Waals surface area (Å²) < 4.78 is 16.8. The summed E-state index contributed by atoms with van der Waals surface area (Å²) in [7, 11) is 1.62. The second-order valence-electron chi connectivity index (χ2n) is 7.62. The van der Waals surface area contributed by atoms with Gasteiger partial charge in [0.1, 0.15) is 17.0 Å². The van der Waals surface area contributed by atoms with E-state index in [1.165, 1.54) is 0 Å². The second-order valence-corrected chi connectivity index (χ2v) is 7.62. The maximum Gasteiger partial charge on any atom is 0.255 e. The summed E-state index contributed by atoms with van der Waals surface area (Å²) in [6, 6.07) is 20.0. The van der Waals surface area contributed by atoms with E-state index in [0.29, 0.717) is 46.5 Å². The lowest BCUT2D eigenvalue weighted by molar-refractivity contribution is 0.102. The zero-order valence-corrected chi connectivity index (χ0v) is 17.7. The molecule has 158 valence electrons. The lowest BCUT2D eigenvalue weighted by Gasteiger charge is -2.10. The number of fused-ring (bicyclic) bond motifs is 1. The Bertz CT molecular complexity index is 1200. The third kappa shape index (κ3) is 4.86. The molecule has 31 heavy (non-hydrogen) atoms. The van der Waals surface area contributed by atoms with Crippen molar-refractivity contribution < 1.29 is 18.7 Å². The molecular formula is C25H24N2O4. The molecule has 0 radical (unpaired) electrons. The Labute approximate surface area is 180 Å². The Hall–Kier alpha value is -3.80. The van der Waals surface area contributed by atoms with Crippen LogP contribution in [0.2, 0.25) is 0 Å². The van der Waals surface area contributed by atoms with Crippen molar-refractivity contribution in [2.24, 2.45) is 5.92 Å². The summed E-state index contributed by atoms with van der Waals surface area (Å²) >= 11 is 0. The molecule has 0 aliphatic rings. The van der Waals surface area contributed by atoms with Gasteiger partial charge in [-0.15, -0.1) is 0 Å². The first-order valence-corrected chi connectivity index (χ1v) is 10.1. The first kappa shape index (κ1) is 20.5. The quantitative estimate of drug-likeness (QED) is 0.413. The molecule has 0 atom stereocenters. The number of methoxy groups -OCH3 is 1. The molecule has 0 saturated heterocycles. The normalized spacial score (nSPS) is 11.0. The van der Waals surface area contributed by atoms with Crippen LogP contribution >= 0.6 is 0 Å². The largest absolute Gasteiger partial charge is 0.497 e. The molecule has 3 aromatic carbocycles. The standard InChI is InChI=1S/C25H24N2O4/c1-16(2)15-30-21-6-4-5-18(13-21)24(28)26-19-9-12-23-22(14-19)27-25(31-23)17-7-10-20(29-3)11-8-17/h4-14,16H,15H2,1-3H3,(H,26,28). The van der Waals surface area contributed by atoms with Crippen molar-refractivity contribution in [2.45, 2.75) is 13.8 Å². The van der Waals surface area contributed by atoms with Crippen molar-refractivity contribution in [3.8, 4) is 23.0 Å². The van der Waals surface area contributed by atoms with Crippen LogP contribution in [0, 0.1) is 5.92 Å². The van der Waals surface area contributed by atoms with Gasteiger partial charge in [-0.25, -0.2) is 4.98 Å². The van der Waals surface area contributed by atoms with Gasteiger partial charge >= 0.3 is 0 Å². The molecule has 0 aliphatic heterocycles. The fourth-order valence-electron chi connectivity index (χ4n) is 3.06. The SMILES string of the molecule is COc1ccc(-c2nc3cc(NC(=O)c4cccc(OCC(C)C)c4)ccc3o2)cc1. The number of hydrogen-bond acceptors (Lipinski definition) is 5. The molecule has 1 heterocycles. The van der Waals surface area contributed by atoms with Gasteiger partial charge < -0.3 is 19.2 Å². The summed E-state index contributed by atoms with van der Waals surface area (Å²) in [4.78, 5) is 17.3. The van der Waals surface area contributed by atoms with Gasteiger partial charge in [-0.1, -0.05) is 19.9 Å². The Morgan fingerprint density at radius 1 is 1.03 bits per heavy atom. The molecule has 0 fully saturated rings. The lowest BCUT2D eigenvalue weighted by atomic mass is 10.2. The predicted octanol–water partition coefficient (Wildman–Crippen LogP) is 5.79. The minimum Gasteiger partial charge on any atom is -0.497 e. The Kier molecular flexibility index (Phi) is 5.89. The Balaban J connectivity index is 1.51. The number of carbonyl (C=O) groups excluding carboxylic acids is 1. The molecule has 0 saturated carbocycles. The summed E-state index contributed by atoms with van der Waals surface area (Å²) in [5, 5.41) is 2.91. The number of ether oxygens (including phenoxy) is 2. The fourth-order valence-corrected chi connectivity index (χ4v) is 3.06. The maximum atomic E-state index is 12.7. The third-order valence-electron chi connectivity index (χ3n) is 4.66. The highest BCUT2D eigenvalue weighted by atomic mass is 16.5.